The maximum absolute atomic E-state index is 12.4. The summed E-state index contributed by atoms with van der Waals surface area (Å²) in [6.45, 7) is 4.19. The Labute approximate surface area is 97.1 Å². The van der Waals surface area contributed by atoms with E-state index in [1.54, 1.807) is 0 Å². The van der Waals surface area contributed by atoms with Gasteiger partial charge in [-0.15, -0.1) is 0 Å². The molecule has 4 nitrogen and oxygen atoms in total. The lowest BCUT2D eigenvalue weighted by molar-refractivity contribution is -0.140. The van der Waals surface area contributed by atoms with Crippen LogP contribution in [0.5, 0.6) is 0 Å². The molecule has 0 aliphatic carbocycles. The molecule has 2 N–H and O–H groups in total. The molecule has 2 aliphatic heterocycles. The number of piperidine rings is 1. The monoisotopic (exact) mass is 226 g/mol. The SMILES string of the molecule is CC1OCCC1C(=O)N1CCCCC1CN. The molecule has 0 aromatic carbocycles. The van der Waals surface area contributed by atoms with E-state index in [0.717, 1.165) is 32.4 Å². The quantitative estimate of drug-likeness (QED) is 0.756. The molecule has 0 radical (unpaired) electrons. The number of carbonyl (C=O) groups excluding carboxylic acids is 1. The fraction of sp³-hybridized carbons (Fsp3) is 0.917. The van der Waals surface area contributed by atoms with Crippen LogP contribution in [0.1, 0.15) is 32.6 Å². The molecule has 3 unspecified atom stereocenters. The van der Waals surface area contributed by atoms with E-state index >= 15 is 0 Å². The van der Waals surface area contributed by atoms with Crippen molar-refractivity contribution in [1.29, 1.82) is 0 Å². The van der Waals surface area contributed by atoms with Gasteiger partial charge in [0.1, 0.15) is 0 Å². The molecule has 0 spiro atoms. The van der Waals surface area contributed by atoms with E-state index in [2.05, 4.69) is 0 Å². The third-order valence-electron chi connectivity index (χ3n) is 3.88. The van der Waals surface area contributed by atoms with Gasteiger partial charge in [0.25, 0.3) is 0 Å². The molecule has 2 heterocycles. The summed E-state index contributed by atoms with van der Waals surface area (Å²) in [7, 11) is 0. The van der Waals surface area contributed by atoms with Gasteiger partial charge in [0.15, 0.2) is 0 Å². The summed E-state index contributed by atoms with van der Waals surface area (Å²) in [4.78, 5) is 14.4. The minimum absolute atomic E-state index is 0.0622. The summed E-state index contributed by atoms with van der Waals surface area (Å²) in [5.41, 5.74) is 5.74. The van der Waals surface area contributed by atoms with Gasteiger partial charge in [-0.1, -0.05) is 0 Å². The third-order valence-corrected chi connectivity index (χ3v) is 3.88. The van der Waals surface area contributed by atoms with E-state index in [0.29, 0.717) is 6.54 Å². The zero-order valence-corrected chi connectivity index (χ0v) is 10.0. The predicted molar refractivity (Wildman–Crippen MR) is 61.9 cm³/mol. The number of likely N-dealkylation sites (tertiary alicyclic amines) is 1. The minimum atomic E-state index is 0.0622. The van der Waals surface area contributed by atoms with E-state index in [9.17, 15) is 4.79 Å². The Bertz CT molecular complexity index is 257. The molecule has 0 bridgehead atoms. The zero-order chi connectivity index (χ0) is 11.5. The third kappa shape index (κ3) is 2.23. The van der Waals surface area contributed by atoms with Crippen LogP contribution in [0.25, 0.3) is 0 Å². The first kappa shape index (κ1) is 11.9. The topological polar surface area (TPSA) is 55.6 Å². The molecule has 0 saturated carbocycles. The number of rotatable bonds is 2. The molecular formula is C12H22N2O2. The van der Waals surface area contributed by atoms with Gasteiger partial charge in [0.05, 0.1) is 12.0 Å². The van der Waals surface area contributed by atoms with E-state index < -0.39 is 0 Å². The van der Waals surface area contributed by atoms with Crippen molar-refractivity contribution >= 4 is 5.91 Å². The Kier molecular flexibility index (Phi) is 3.82. The first-order valence-corrected chi connectivity index (χ1v) is 6.36. The van der Waals surface area contributed by atoms with E-state index in [4.69, 9.17) is 10.5 Å². The van der Waals surface area contributed by atoms with Crippen LogP contribution >= 0.6 is 0 Å². The molecule has 0 aromatic heterocycles. The fourth-order valence-electron chi connectivity index (χ4n) is 2.80. The number of nitrogens with zero attached hydrogens (tertiary/aromatic N) is 1. The summed E-state index contributed by atoms with van der Waals surface area (Å²) < 4.78 is 5.47. The van der Waals surface area contributed by atoms with Gasteiger partial charge in [-0.05, 0) is 32.6 Å². The van der Waals surface area contributed by atoms with Crippen molar-refractivity contribution < 1.29 is 9.53 Å². The highest BCUT2D eigenvalue weighted by Crippen LogP contribution is 2.26. The van der Waals surface area contributed by atoms with Crippen molar-refractivity contribution in [3.05, 3.63) is 0 Å². The van der Waals surface area contributed by atoms with Crippen LogP contribution in [0.15, 0.2) is 0 Å². The highest BCUT2D eigenvalue weighted by molar-refractivity contribution is 5.80. The largest absolute Gasteiger partial charge is 0.378 e. The Morgan fingerprint density at radius 2 is 2.25 bits per heavy atom. The predicted octanol–water partition coefficient (Wildman–Crippen LogP) is 0.751. The van der Waals surface area contributed by atoms with Crippen LogP contribution in [-0.2, 0) is 9.53 Å². The van der Waals surface area contributed by atoms with Crippen molar-refractivity contribution in [2.24, 2.45) is 11.7 Å². The number of hydrogen-bond donors (Lipinski definition) is 1. The van der Waals surface area contributed by atoms with Gasteiger partial charge in [0, 0.05) is 25.7 Å². The Hall–Kier alpha value is -0.610. The lowest BCUT2D eigenvalue weighted by Crippen LogP contribution is -2.50. The molecule has 2 fully saturated rings. The molecule has 2 saturated heterocycles. The number of amides is 1. The van der Waals surface area contributed by atoms with Gasteiger partial charge in [-0.25, -0.2) is 0 Å². The Morgan fingerprint density at radius 3 is 2.88 bits per heavy atom. The lowest BCUT2D eigenvalue weighted by atomic mass is 9.96. The highest BCUT2D eigenvalue weighted by Gasteiger charge is 2.36. The standard InChI is InChI=1S/C12H22N2O2/c1-9-11(5-7-16-9)12(15)14-6-3-2-4-10(14)8-13/h9-11H,2-8,13H2,1H3. The normalized spacial score (nSPS) is 35.4. The fourth-order valence-corrected chi connectivity index (χ4v) is 2.80. The average molecular weight is 226 g/mol. The molecule has 0 aromatic rings. The van der Waals surface area contributed by atoms with Gasteiger partial charge >= 0.3 is 0 Å². The Balaban J connectivity index is 2.01. The number of ether oxygens (including phenoxy) is 1. The first-order valence-electron chi connectivity index (χ1n) is 6.36. The molecule has 2 aliphatic rings. The summed E-state index contributed by atoms with van der Waals surface area (Å²) >= 11 is 0. The summed E-state index contributed by atoms with van der Waals surface area (Å²) in [5, 5.41) is 0. The van der Waals surface area contributed by atoms with Gasteiger partial charge in [-0.2, -0.15) is 0 Å². The number of carbonyl (C=O) groups is 1. The van der Waals surface area contributed by atoms with Crippen LogP contribution in [0.2, 0.25) is 0 Å². The Morgan fingerprint density at radius 1 is 1.44 bits per heavy atom. The van der Waals surface area contributed by atoms with Crippen LogP contribution in [0.4, 0.5) is 0 Å². The van der Waals surface area contributed by atoms with Crippen LogP contribution in [0, 0.1) is 5.92 Å². The lowest BCUT2D eigenvalue weighted by Gasteiger charge is -2.37. The summed E-state index contributed by atoms with van der Waals surface area (Å²) in [6, 6.07) is 0.258. The average Bonchev–Trinajstić information content (AvgIpc) is 2.74. The smallest absolute Gasteiger partial charge is 0.228 e. The minimum Gasteiger partial charge on any atom is -0.378 e. The van der Waals surface area contributed by atoms with Crippen LogP contribution in [-0.4, -0.2) is 42.6 Å². The molecule has 92 valence electrons. The van der Waals surface area contributed by atoms with E-state index in [1.807, 2.05) is 11.8 Å². The molecule has 2 rings (SSSR count). The van der Waals surface area contributed by atoms with Crippen LogP contribution < -0.4 is 5.73 Å². The van der Waals surface area contributed by atoms with Crippen molar-refractivity contribution in [3.8, 4) is 0 Å². The molecule has 4 heteroatoms. The second-order valence-electron chi connectivity index (χ2n) is 4.89. The van der Waals surface area contributed by atoms with Crippen molar-refractivity contribution in [2.75, 3.05) is 19.7 Å². The van der Waals surface area contributed by atoms with Crippen molar-refractivity contribution in [3.63, 3.8) is 0 Å². The van der Waals surface area contributed by atoms with Gasteiger partial charge in [0.2, 0.25) is 5.91 Å². The van der Waals surface area contributed by atoms with Crippen molar-refractivity contribution in [1.82, 2.24) is 4.90 Å². The molecule has 3 atom stereocenters. The number of hydrogen-bond acceptors (Lipinski definition) is 3. The number of nitrogens with two attached hydrogens (primary N) is 1. The maximum atomic E-state index is 12.4. The molecule has 1 amide bonds. The van der Waals surface area contributed by atoms with Gasteiger partial charge in [-0.3, -0.25) is 4.79 Å². The van der Waals surface area contributed by atoms with Crippen molar-refractivity contribution in [2.45, 2.75) is 44.8 Å². The molecule has 16 heavy (non-hydrogen) atoms. The molecular weight excluding hydrogens is 204 g/mol. The van der Waals surface area contributed by atoms with E-state index in [1.165, 1.54) is 6.42 Å². The second kappa shape index (κ2) is 5.15. The van der Waals surface area contributed by atoms with Crippen LogP contribution in [0.3, 0.4) is 0 Å². The first-order chi connectivity index (χ1) is 7.74. The summed E-state index contributed by atoms with van der Waals surface area (Å²) in [6.07, 6.45) is 4.32. The van der Waals surface area contributed by atoms with E-state index in [-0.39, 0.29) is 24.0 Å². The second-order valence-corrected chi connectivity index (χ2v) is 4.89. The summed E-state index contributed by atoms with van der Waals surface area (Å²) in [5.74, 6) is 0.326. The maximum Gasteiger partial charge on any atom is 0.228 e. The highest BCUT2D eigenvalue weighted by atomic mass is 16.5. The van der Waals surface area contributed by atoms with Gasteiger partial charge < -0.3 is 15.4 Å². The zero-order valence-electron chi connectivity index (χ0n) is 10.0.